The molecule has 8 atom stereocenters. The van der Waals surface area contributed by atoms with E-state index in [1.54, 1.807) is 0 Å². The van der Waals surface area contributed by atoms with E-state index in [0.29, 0.717) is 29.6 Å². The van der Waals surface area contributed by atoms with Crippen LogP contribution in [0.1, 0.15) is 65.7 Å². The monoisotopic (exact) mass is 328 g/mol. The zero-order valence-corrected chi connectivity index (χ0v) is 15.7. The van der Waals surface area contributed by atoms with Gasteiger partial charge in [0.05, 0.1) is 18.0 Å². The summed E-state index contributed by atoms with van der Waals surface area (Å²) in [5.41, 5.74) is 0.638. The number of carbonyl (C=O) groups excluding carboxylic acids is 1. The Morgan fingerprint density at radius 1 is 1.17 bits per heavy atom. The zero-order valence-electron chi connectivity index (χ0n) is 15.7. The minimum Gasteiger partial charge on any atom is -0.341 e. The van der Waals surface area contributed by atoms with Gasteiger partial charge in [-0.05, 0) is 66.6 Å². The van der Waals surface area contributed by atoms with Crippen LogP contribution in [0.2, 0.25) is 0 Å². The largest absolute Gasteiger partial charge is 0.341 e. The van der Waals surface area contributed by atoms with E-state index >= 15 is 0 Å². The van der Waals surface area contributed by atoms with E-state index < -0.39 is 0 Å². The predicted molar refractivity (Wildman–Crippen MR) is 93.8 cm³/mol. The predicted octanol–water partition coefficient (Wildman–Crippen LogP) is 4.24. The van der Waals surface area contributed by atoms with Gasteiger partial charge in [-0.2, -0.15) is 5.26 Å². The van der Waals surface area contributed by atoms with Gasteiger partial charge in [-0.15, -0.1) is 0 Å². The molecule has 0 aromatic heterocycles. The summed E-state index contributed by atoms with van der Waals surface area (Å²) in [6, 6.07) is 2.78. The summed E-state index contributed by atoms with van der Waals surface area (Å²) < 4.78 is 0. The topological polar surface area (TPSA) is 44.1 Å². The first-order chi connectivity index (χ1) is 11.3. The number of hydrogen-bond donors (Lipinski definition) is 0. The summed E-state index contributed by atoms with van der Waals surface area (Å²) in [5.74, 6) is 2.81. The molecule has 132 valence electrons. The number of nitriles is 1. The van der Waals surface area contributed by atoms with Crippen molar-refractivity contribution in [2.24, 2.45) is 40.4 Å². The molecule has 3 aliphatic carbocycles. The highest BCUT2D eigenvalue weighted by atomic mass is 16.2. The number of piperidine rings is 1. The fourth-order valence-corrected chi connectivity index (χ4v) is 7.76. The van der Waals surface area contributed by atoms with Crippen molar-refractivity contribution in [3.05, 3.63) is 0 Å². The van der Waals surface area contributed by atoms with Crippen LogP contribution in [-0.4, -0.2) is 23.9 Å². The van der Waals surface area contributed by atoms with E-state index in [1.165, 1.54) is 32.1 Å². The maximum Gasteiger partial charge on any atom is 0.222 e. The summed E-state index contributed by atoms with van der Waals surface area (Å²) in [5, 5.41) is 10.0. The summed E-state index contributed by atoms with van der Waals surface area (Å²) >= 11 is 0. The second-order valence-corrected chi connectivity index (χ2v) is 9.84. The van der Waals surface area contributed by atoms with Gasteiger partial charge in [0, 0.05) is 13.5 Å². The highest BCUT2D eigenvalue weighted by Gasteiger charge is 2.64. The maximum atomic E-state index is 12.4. The number of fused-ring (bicyclic) bond motifs is 5. The quantitative estimate of drug-likeness (QED) is 0.668. The molecule has 24 heavy (non-hydrogen) atoms. The molecule has 1 heterocycles. The van der Waals surface area contributed by atoms with Gasteiger partial charge in [0.2, 0.25) is 5.91 Å². The van der Waals surface area contributed by atoms with E-state index in [1.807, 2.05) is 11.9 Å². The molecule has 3 heteroatoms. The number of carbonyl (C=O) groups is 1. The molecular formula is C21H32N2O. The third-order valence-electron chi connectivity index (χ3n) is 8.99. The van der Waals surface area contributed by atoms with Gasteiger partial charge in [-0.1, -0.05) is 27.2 Å². The van der Waals surface area contributed by atoms with Gasteiger partial charge in [0.1, 0.15) is 0 Å². The average Bonchev–Trinajstić information content (AvgIpc) is 2.95. The Balaban J connectivity index is 1.79. The molecule has 0 bridgehead atoms. The van der Waals surface area contributed by atoms with Crippen molar-refractivity contribution in [1.82, 2.24) is 4.90 Å². The lowest BCUT2D eigenvalue weighted by molar-refractivity contribution is -0.173. The summed E-state index contributed by atoms with van der Waals surface area (Å²) in [7, 11) is 1.95. The van der Waals surface area contributed by atoms with Gasteiger partial charge in [-0.3, -0.25) is 4.79 Å². The molecule has 4 fully saturated rings. The van der Waals surface area contributed by atoms with Crippen LogP contribution in [0.25, 0.3) is 0 Å². The van der Waals surface area contributed by atoms with Crippen LogP contribution in [0.3, 0.4) is 0 Å². The van der Waals surface area contributed by atoms with Crippen molar-refractivity contribution in [3.63, 3.8) is 0 Å². The molecule has 1 amide bonds. The van der Waals surface area contributed by atoms with E-state index in [0.717, 1.165) is 12.3 Å². The smallest absolute Gasteiger partial charge is 0.222 e. The Morgan fingerprint density at radius 2 is 1.92 bits per heavy atom. The molecule has 0 spiro atoms. The third kappa shape index (κ3) is 1.92. The van der Waals surface area contributed by atoms with Crippen molar-refractivity contribution in [2.45, 2.75) is 71.8 Å². The highest BCUT2D eigenvalue weighted by molar-refractivity contribution is 5.77. The number of rotatable bonds is 0. The molecule has 1 saturated heterocycles. The first-order valence-corrected chi connectivity index (χ1v) is 9.99. The fourth-order valence-electron chi connectivity index (χ4n) is 7.76. The summed E-state index contributed by atoms with van der Waals surface area (Å²) in [4.78, 5) is 14.3. The van der Waals surface area contributed by atoms with Crippen LogP contribution in [0.15, 0.2) is 0 Å². The number of amides is 1. The van der Waals surface area contributed by atoms with Crippen LogP contribution < -0.4 is 0 Å². The van der Waals surface area contributed by atoms with Gasteiger partial charge in [-0.25, -0.2) is 0 Å². The molecule has 0 radical (unpaired) electrons. The number of hydrogen-bond acceptors (Lipinski definition) is 2. The van der Waals surface area contributed by atoms with Gasteiger partial charge in [0.15, 0.2) is 0 Å². The van der Waals surface area contributed by atoms with E-state index in [2.05, 4.69) is 26.8 Å². The Labute approximate surface area is 146 Å². The lowest BCUT2D eigenvalue weighted by Gasteiger charge is -2.64. The normalized spacial score (nSPS) is 53.8. The van der Waals surface area contributed by atoms with Gasteiger partial charge >= 0.3 is 0 Å². The molecule has 3 saturated carbocycles. The van der Waals surface area contributed by atoms with E-state index in [4.69, 9.17) is 0 Å². The lowest BCUT2D eigenvalue weighted by atomic mass is 9.43. The summed E-state index contributed by atoms with van der Waals surface area (Å²) in [6.45, 7) is 7.24. The minimum absolute atomic E-state index is 0.00606. The number of nitrogens with zero attached hydrogens (tertiary/aromatic N) is 2. The SMILES string of the molecule is C[C@H]1[C@@H](C#N)[C@H]2N(C)C(=O)CC[C@]2(C)[C@H]2CC[C@]3(C)CCC[C@H]3[C@H]12. The fraction of sp³-hybridized carbons (Fsp3) is 0.905. The van der Waals surface area contributed by atoms with Crippen molar-refractivity contribution < 1.29 is 4.79 Å². The molecule has 0 unspecified atom stereocenters. The van der Waals surface area contributed by atoms with Gasteiger partial charge in [0.25, 0.3) is 0 Å². The van der Waals surface area contributed by atoms with Crippen molar-refractivity contribution in [1.29, 1.82) is 5.26 Å². The Hall–Kier alpha value is -1.04. The van der Waals surface area contributed by atoms with Crippen molar-refractivity contribution in [2.75, 3.05) is 7.05 Å². The van der Waals surface area contributed by atoms with Crippen LogP contribution in [0.4, 0.5) is 0 Å². The molecule has 1 aliphatic heterocycles. The lowest BCUT2D eigenvalue weighted by Crippen LogP contribution is -2.66. The van der Waals surface area contributed by atoms with Crippen LogP contribution in [-0.2, 0) is 4.79 Å². The van der Waals surface area contributed by atoms with E-state index in [9.17, 15) is 10.1 Å². The number of likely N-dealkylation sites (tertiary alicyclic amines) is 1. The standard InChI is InChI=1S/C21H32N2O/c1-13-14(12-22)19-21(3,11-8-17(24)23(19)4)16-7-10-20(2)9-5-6-15(20)18(13)16/h13-16,18-19H,5-11H2,1-4H3/t13-,14+,15-,16-,18-,19+,20-,21+/m0/s1. The van der Waals surface area contributed by atoms with Crippen molar-refractivity contribution >= 4 is 5.91 Å². The van der Waals surface area contributed by atoms with Crippen LogP contribution >= 0.6 is 0 Å². The first-order valence-electron chi connectivity index (χ1n) is 9.99. The highest BCUT2D eigenvalue weighted by Crippen LogP contribution is 2.66. The first kappa shape index (κ1) is 16.4. The van der Waals surface area contributed by atoms with Crippen LogP contribution in [0, 0.1) is 51.8 Å². The average molecular weight is 329 g/mol. The Bertz CT molecular complexity index is 595. The Morgan fingerprint density at radius 3 is 2.62 bits per heavy atom. The second-order valence-electron chi connectivity index (χ2n) is 9.84. The molecule has 4 aliphatic rings. The maximum absolute atomic E-state index is 12.4. The van der Waals surface area contributed by atoms with Gasteiger partial charge < -0.3 is 4.90 Å². The summed E-state index contributed by atoms with van der Waals surface area (Å²) in [6.07, 6.45) is 8.40. The molecule has 0 aromatic rings. The van der Waals surface area contributed by atoms with Crippen LogP contribution in [0.5, 0.6) is 0 Å². The molecule has 3 nitrogen and oxygen atoms in total. The molecule has 0 aromatic carbocycles. The minimum atomic E-state index is -0.00606. The van der Waals surface area contributed by atoms with Crippen molar-refractivity contribution in [3.8, 4) is 6.07 Å². The third-order valence-corrected chi connectivity index (χ3v) is 8.99. The Kier molecular flexibility index (Phi) is 3.58. The molecule has 0 N–H and O–H groups in total. The molecule has 4 rings (SSSR count). The zero-order chi connectivity index (χ0) is 17.3. The van der Waals surface area contributed by atoms with E-state index in [-0.39, 0.29) is 23.3 Å². The second kappa shape index (κ2) is 5.23. The molecular weight excluding hydrogens is 296 g/mol.